The van der Waals surface area contributed by atoms with E-state index in [4.69, 9.17) is 0 Å². The molecular weight excluding hydrogens is 425 g/mol. The third-order valence-corrected chi connectivity index (χ3v) is 9.56. The fourth-order valence-corrected chi connectivity index (χ4v) is 7.70. The summed E-state index contributed by atoms with van der Waals surface area (Å²) in [6, 6.07) is 18.0. The molecule has 0 aliphatic rings. The Morgan fingerprint density at radius 2 is 1.48 bits per heavy atom. The van der Waals surface area contributed by atoms with Gasteiger partial charge >= 0.3 is 0 Å². The molecule has 0 nitrogen and oxygen atoms in total. The zero-order valence-electron chi connectivity index (χ0n) is 15.0. The summed E-state index contributed by atoms with van der Waals surface area (Å²) >= 11 is 9.47. The number of allylic oxidation sites excluding steroid dienone is 1. The molecule has 0 aromatic carbocycles. The lowest BCUT2D eigenvalue weighted by molar-refractivity contribution is 1.23. The third-order valence-electron chi connectivity index (χ3n) is 3.99. The van der Waals surface area contributed by atoms with Gasteiger partial charge in [0.15, 0.2) is 0 Å². The predicted molar refractivity (Wildman–Crippen MR) is 129 cm³/mol. The lowest BCUT2D eigenvalue weighted by Gasteiger charge is -1.94. The Balaban J connectivity index is 1.40. The van der Waals surface area contributed by atoms with Gasteiger partial charge in [-0.15, -0.1) is 57.1 Å². The fraction of sp³-hybridized carbons (Fsp3) is 0.182. The van der Waals surface area contributed by atoms with Crippen LogP contribution in [0.3, 0.4) is 0 Å². The predicted octanol–water partition coefficient (Wildman–Crippen LogP) is 9.01. The van der Waals surface area contributed by atoms with E-state index in [9.17, 15) is 0 Å². The molecular formula is C22H20S5. The quantitative estimate of drug-likeness (QED) is 0.261. The van der Waals surface area contributed by atoms with Gasteiger partial charge in [0.2, 0.25) is 0 Å². The van der Waals surface area contributed by atoms with Gasteiger partial charge in [-0.1, -0.05) is 19.1 Å². The highest BCUT2D eigenvalue weighted by Crippen LogP contribution is 2.39. The van der Waals surface area contributed by atoms with Gasteiger partial charge in [0, 0.05) is 46.3 Å². The van der Waals surface area contributed by atoms with E-state index in [2.05, 4.69) is 72.3 Å². The zero-order chi connectivity index (χ0) is 18.5. The van der Waals surface area contributed by atoms with Gasteiger partial charge in [0.25, 0.3) is 0 Å². The summed E-state index contributed by atoms with van der Waals surface area (Å²) in [5.41, 5.74) is 0. The molecule has 4 rings (SSSR count). The molecule has 0 spiro atoms. The van der Waals surface area contributed by atoms with E-state index in [1.807, 2.05) is 57.1 Å². The maximum Gasteiger partial charge on any atom is 0.0449 e. The van der Waals surface area contributed by atoms with Crippen LogP contribution in [0.2, 0.25) is 0 Å². The second-order valence-corrected chi connectivity index (χ2v) is 11.4. The van der Waals surface area contributed by atoms with E-state index in [1.165, 1.54) is 34.1 Å². The molecule has 0 atom stereocenters. The number of thioether (sulfide) groups is 1. The minimum atomic E-state index is 1.05. The first kappa shape index (κ1) is 19.2. The van der Waals surface area contributed by atoms with Gasteiger partial charge in [-0.3, -0.25) is 0 Å². The number of thiophene rings is 4. The van der Waals surface area contributed by atoms with Crippen LogP contribution in [0.5, 0.6) is 0 Å². The molecule has 0 radical (unpaired) electrons. The van der Waals surface area contributed by atoms with Crippen LogP contribution in [0.1, 0.15) is 28.0 Å². The van der Waals surface area contributed by atoms with Crippen LogP contribution in [0.25, 0.3) is 19.5 Å². The Kier molecular flexibility index (Phi) is 6.69. The SMILES string of the molecule is CC/C=C\SCc1ccc(Cc2ccc(-c3ccc(-c4cccs4)s3)s2)s1. The Morgan fingerprint density at radius 3 is 2.30 bits per heavy atom. The maximum atomic E-state index is 2.30. The van der Waals surface area contributed by atoms with E-state index in [0.29, 0.717) is 0 Å². The van der Waals surface area contributed by atoms with Crippen LogP contribution in [0, 0.1) is 0 Å². The molecule has 0 fully saturated rings. The zero-order valence-corrected chi connectivity index (χ0v) is 19.1. The van der Waals surface area contributed by atoms with Crippen molar-refractivity contribution in [2.75, 3.05) is 0 Å². The highest BCUT2D eigenvalue weighted by molar-refractivity contribution is 8.01. The molecule has 138 valence electrons. The molecule has 0 amide bonds. The Hall–Kier alpha value is -1.11. The number of hydrogen-bond acceptors (Lipinski definition) is 5. The summed E-state index contributed by atoms with van der Waals surface area (Å²) in [5.74, 6) is 1.08. The largest absolute Gasteiger partial charge is 0.144 e. The molecule has 0 unspecified atom stereocenters. The third kappa shape index (κ3) is 5.04. The Bertz CT molecular complexity index is 997. The van der Waals surface area contributed by atoms with E-state index in [0.717, 1.165) is 18.6 Å². The Morgan fingerprint density at radius 1 is 0.778 bits per heavy atom. The van der Waals surface area contributed by atoms with Gasteiger partial charge in [0.05, 0.1) is 0 Å². The van der Waals surface area contributed by atoms with E-state index in [1.54, 1.807) is 0 Å². The minimum Gasteiger partial charge on any atom is -0.144 e. The van der Waals surface area contributed by atoms with Crippen molar-refractivity contribution in [2.45, 2.75) is 25.5 Å². The van der Waals surface area contributed by atoms with Crippen molar-refractivity contribution in [3.8, 4) is 19.5 Å². The van der Waals surface area contributed by atoms with Crippen molar-refractivity contribution in [2.24, 2.45) is 0 Å². The second kappa shape index (κ2) is 9.39. The molecule has 4 heterocycles. The average Bonchev–Trinajstić information content (AvgIpc) is 3.46. The van der Waals surface area contributed by atoms with Crippen molar-refractivity contribution in [3.05, 3.63) is 80.0 Å². The second-order valence-electron chi connectivity index (χ2n) is 6.04. The number of rotatable bonds is 8. The van der Waals surface area contributed by atoms with Crippen molar-refractivity contribution in [3.63, 3.8) is 0 Å². The molecule has 5 heteroatoms. The van der Waals surface area contributed by atoms with E-state index in [-0.39, 0.29) is 0 Å². The van der Waals surface area contributed by atoms with Crippen molar-refractivity contribution < 1.29 is 0 Å². The summed E-state index contributed by atoms with van der Waals surface area (Å²) in [5, 5.41) is 4.36. The fourth-order valence-electron chi connectivity index (χ4n) is 2.69. The first-order valence-corrected chi connectivity index (χ1v) is 13.3. The van der Waals surface area contributed by atoms with Gasteiger partial charge in [-0.2, -0.15) is 0 Å². The lowest BCUT2D eigenvalue weighted by Crippen LogP contribution is -1.76. The summed E-state index contributed by atoms with van der Waals surface area (Å²) in [4.78, 5) is 9.86. The summed E-state index contributed by atoms with van der Waals surface area (Å²) in [7, 11) is 0. The van der Waals surface area contributed by atoms with Crippen LogP contribution in [-0.4, -0.2) is 0 Å². The van der Waals surface area contributed by atoms with E-state index >= 15 is 0 Å². The molecule has 0 aliphatic heterocycles. The highest BCUT2D eigenvalue weighted by Gasteiger charge is 2.09. The number of hydrogen-bond donors (Lipinski definition) is 0. The molecule has 0 saturated carbocycles. The minimum absolute atomic E-state index is 1.05. The molecule has 4 aromatic rings. The topological polar surface area (TPSA) is 0 Å². The van der Waals surface area contributed by atoms with E-state index < -0.39 is 0 Å². The van der Waals surface area contributed by atoms with Gasteiger partial charge in [-0.25, -0.2) is 0 Å². The molecule has 0 N–H and O–H groups in total. The first-order valence-electron chi connectivity index (χ1n) is 8.89. The van der Waals surface area contributed by atoms with Crippen LogP contribution in [-0.2, 0) is 12.2 Å². The monoisotopic (exact) mass is 444 g/mol. The van der Waals surface area contributed by atoms with Gasteiger partial charge in [0.1, 0.15) is 0 Å². The summed E-state index contributed by atoms with van der Waals surface area (Å²) in [6.45, 7) is 2.18. The van der Waals surface area contributed by atoms with Gasteiger partial charge < -0.3 is 0 Å². The van der Waals surface area contributed by atoms with Crippen LogP contribution in [0.4, 0.5) is 0 Å². The molecule has 0 aliphatic carbocycles. The standard InChI is InChI=1S/C22H20S5/c1-2-3-12-23-15-18-7-6-16(25-18)14-17-8-9-21(26-17)22-11-10-20(27-22)19-5-4-13-24-19/h3-13H,2,14-15H2,1H3/b12-3-. The van der Waals surface area contributed by atoms with Crippen LogP contribution in [0.15, 0.2) is 65.4 Å². The van der Waals surface area contributed by atoms with Crippen molar-refractivity contribution in [1.29, 1.82) is 0 Å². The maximum absolute atomic E-state index is 2.30. The van der Waals surface area contributed by atoms with Gasteiger partial charge in [-0.05, 0) is 59.7 Å². The smallest absolute Gasteiger partial charge is 0.0449 e. The van der Waals surface area contributed by atoms with Crippen LogP contribution < -0.4 is 0 Å². The molecule has 0 saturated heterocycles. The molecule has 4 aromatic heterocycles. The van der Waals surface area contributed by atoms with Crippen LogP contribution >= 0.6 is 57.1 Å². The molecule has 27 heavy (non-hydrogen) atoms. The summed E-state index contributed by atoms with van der Waals surface area (Å²) in [6.07, 6.45) is 4.39. The first-order chi connectivity index (χ1) is 13.3. The average molecular weight is 445 g/mol. The van der Waals surface area contributed by atoms with Crippen molar-refractivity contribution in [1.82, 2.24) is 0 Å². The Labute approximate surface area is 181 Å². The summed E-state index contributed by atoms with van der Waals surface area (Å²) < 4.78 is 0. The molecule has 0 bridgehead atoms. The normalized spacial score (nSPS) is 11.6. The lowest BCUT2D eigenvalue weighted by atomic mass is 10.3. The van der Waals surface area contributed by atoms with Crippen molar-refractivity contribution >= 4 is 57.1 Å². The highest BCUT2D eigenvalue weighted by atomic mass is 32.2.